The van der Waals surface area contributed by atoms with Gasteiger partial charge in [0, 0.05) is 17.1 Å². The Kier molecular flexibility index (Phi) is 5.69. The van der Waals surface area contributed by atoms with Crippen LogP contribution in [0.5, 0.6) is 11.5 Å². The molecule has 8 heteroatoms. The topological polar surface area (TPSA) is 99.0 Å². The molecule has 0 atom stereocenters. The summed E-state index contributed by atoms with van der Waals surface area (Å²) < 4.78 is 21.0. The fourth-order valence-electron chi connectivity index (χ4n) is 2.70. The molecule has 2 amide bonds. The number of hydrogen-bond acceptors (Lipinski definition) is 6. The summed E-state index contributed by atoms with van der Waals surface area (Å²) in [5, 5.41) is 5.90. The lowest BCUT2D eigenvalue weighted by atomic mass is 10.2. The average Bonchev–Trinajstić information content (AvgIpc) is 3.06. The maximum absolute atomic E-state index is 12.8. The summed E-state index contributed by atoms with van der Waals surface area (Å²) in [4.78, 5) is 24.7. The third-order valence-electron chi connectivity index (χ3n) is 3.95. The number of amides is 2. The van der Waals surface area contributed by atoms with Gasteiger partial charge in [-0.25, -0.2) is 4.79 Å². The second kappa shape index (κ2) is 8.34. The highest BCUT2D eigenvalue weighted by atomic mass is 16.5. The molecule has 0 fully saturated rings. The van der Waals surface area contributed by atoms with Crippen LogP contribution >= 0.6 is 0 Å². The van der Waals surface area contributed by atoms with Crippen LogP contribution in [0.4, 0.5) is 16.2 Å². The van der Waals surface area contributed by atoms with Crippen LogP contribution in [0, 0.1) is 0 Å². The minimum absolute atomic E-state index is 0.0379. The number of carbonyl (C=O) groups is 2. The van der Waals surface area contributed by atoms with Crippen LogP contribution in [0.1, 0.15) is 17.5 Å². The van der Waals surface area contributed by atoms with Crippen LogP contribution in [0.3, 0.4) is 0 Å². The van der Waals surface area contributed by atoms with Crippen LogP contribution in [0.15, 0.2) is 46.9 Å². The lowest BCUT2D eigenvalue weighted by molar-refractivity contribution is 0.0999. The molecule has 0 spiro atoms. The standard InChI is InChI=1S/C20H20N2O6/c1-4-27-20(24)22-17-13-7-5-6-8-14(13)28-18(17)19(23)21-12-9-10-15(25-2)16(11-12)26-3/h5-11H,4H2,1-3H3,(H,21,23)(H,22,24). The molecule has 1 aromatic heterocycles. The SMILES string of the molecule is CCOC(=O)Nc1c(C(=O)Nc2ccc(OC)c(OC)c2)oc2ccccc12. The van der Waals surface area contributed by atoms with E-state index in [1.807, 2.05) is 0 Å². The van der Waals surface area contributed by atoms with Crippen LogP contribution in [-0.4, -0.2) is 32.8 Å². The van der Waals surface area contributed by atoms with E-state index in [2.05, 4.69) is 10.6 Å². The molecule has 0 bridgehead atoms. The van der Waals surface area contributed by atoms with Gasteiger partial charge in [-0.1, -0.05) is 12.1 Å². The van der Waals surface area contributed by atoms with Gasteiger partial charge in [0.25, 0.3) is 5.91 Å². The van der Waals surface area contributed by atoms with Crippen molar-refractivity contribution in [2.75, 3.05) is 31.5 Å². The number of ether oxygens (including phenoxy) is 3. The summed E-state index contributed by atoms with van der Waals surface area (Å²) >= 11 is 0. The largest absolute Gasteiger partial charge is 0.493 e. The first kappa shape index (κ1) is 19.1. The van der Waals surface area contributed by atoms with Gasteiger partial charge in [-0.3, -0.25) is 10.1 Å². The Balaban J connectivity index is 1.94. The van der Waals surface area contributed by atoms with E-state index in [-0.39, 0.29) is 18.1 Å². The molecule has 8 nitrogen and oxygen atoms in total. The molecule has 146 valence electrons. The highest BCUT2D eigenvalue weighted by Crippen LogP contribution is 2.33. The molecular weight excluding hydrogens is 364 g/mol. The van der Waals surface area contributed by atoms with Gasteiger partial charge in [0.2, 0.25) is 5.76 Å². The molecule has 3 aromatic rings. The Bertz CT molecular complexity index is 1010. The van der Waals surface area contributed by atoms with Crippen molar-refractivity contribution in [1.82, 2.24) is 0 Å². The van der Waals surface area contributed by atoms with Crippen LogP contribution in [0.25, 0.3) is 11.0 Å². The van der Waals surface area contributed by atoms with Crippen molar-refractivity contribution in [3.05, 3.63) is 48.2 Å². The number of rotatable bonds is 6. The lowest BCUT2D eigenvalue weighted by Gasteiger charge is -2.10. The normalized spacial score (nSPS) is 10.4. The quantitative estimate of drug-likeness (QED) is 0.658. The molecule has 0 aliphatic heterocycles. The monoisotopic (exact) mass is 384 g/mol. The van der Waals surface area contributed by atoms with Gasteiger partial charge < -0.3 is 23.9 Å². The van der Waals surface area contributed by atoms with Crippen molar-refractivity contribution < 1.29 is 28.2 Å². The molecule has 0 radical (unpaired) electrons. The molecule has 28 heavy (non-hydrogen) atoms. The zero-order valence-corrected chi connectivity index (χ0v) is 15.7. The number of methoxy groups -OCH3 is 2. The Hall–Kier alpha value is -3.68. The van der Waals surface area contributed by atoms with Crippen molar-refractivity contribution >= 4 is 34.3 Å². The maximum Gasteiger partial charge on any atom is 0.411 e. The van der Waals surface area contributed by atoms with Crippen molar-refractivity contribution in [3.8, 4) is 11.5 Å². The van der Waals surface area contributed by atoms with Crippen molar-refractivity contribution in [1.29, 1.82) is 0 Å². The molecule has 0 aliphatic carbocycles. The minimum atomic E-state index is -0.672. The number of hydrogen-bond donors (Lipinski definition) is 2. The molecule has 0 unspecified atom stereocenters. The van der Waals surface area contributed by atoms with Crippen molar-refractivity contribution in [2.45, 2.75) is 6.92 Å². The second-order valence-corrected chi connectivity index (χ2v) is 5.67. The van der Waals surface area contributed by atoms with Gasteiger partial charge in [0.1, 0.15) is 11.3 Å². The second-order valence-electron chi connectivity index (χ2n) is 5.67. The first-order chi connectivity index (χ1) is 13.6. The number of nitrogens with one attached hydrogen (secondary N) is 2. The molecule has 0 saturated carbocycles. The third kappa shape index (κ3) is 3.85. The van der Waals surface area contributed by atoms with E-state index in [1.54, 1.807) is 49.4 Å². The summed E-state index contributed by atoms with van der Waals surface area (Å²) in [7, 11) is 3.03. The van der Waals surface area contributed by atoms with E-state index in [0.717, 1.165) is 0 Å². The van der Waals surface area contributed by atoms with Crippen LogP contribution < -0.4 is 20.1 Å². The molecule has 2 aromatic carbocycles. The highest BCUT2D eigenvalue weighted by Gasteiger charge is 2.23. The predicted molar refractivity (Wildman–Crippen MR) is 104 cm³/mol. The zero-order chi connectivity index (χ0) is 20.1. The first-order valence-corrected chi connectivity index (χ1v) is 8.56. The fourth-order valence-corrected chi connectivity index (χ4v) is 2.70. The smallest absolute Gasteiger partial charge is 0.411 e. The van der Waals surface area contributed by atoms with Gasteiger partial charge in [-0.15, -0.1) is 0 Å². The number of para-hydroxylation sites is 1. The Morgan fingerprint density at radius 1 is 1.00 bits per heavy atom. The van der Waals surface area contributed by atoms with E-state index < -0.39 is 12.0 Å². The van der Waals surface area contributed by atoms with Crippen LogP contribution in [-0.2, 0) is 4.74 Å². The molecule has 1 heterocycles. The van der Waals surface area contributed by atoms with Crippen LogP contribution in [0.2, 0.25) is 0 Å². The van der Waals surface area contributed by atoms with Gasteiger partial charge in [0.15, 0.2) is 11.5 Å². The molecule has 0 saturated heterocycles. The predicted octanol–water partition coefficient (Wildman–Crippen LogP) is 4.27. The number of fused-ring (bicyclic) bond motifs is 1. The van der Waals surface area contributed by atoms with Gasteiger partial charge >= 0.3 is 6.09 Å². The van der Waals surface area contributed by atoms with Crippen molar-refractivity contribution in [2.24, 2.45) is 0 Å². The minimum Gasteiger partial charge on any atom is -0.493 e. The van der Waals surface area contributed by atoms with E-state index in [9.17, 15) is 9.59 Å². The highest BCUT2D eigenvalue weighted by molar-refractivity contribution is 6.14. The summed E-state index contributed by atoms with van der Waals surface area (Å²) in [6.45, 7) is 1.90. The Morgan fingerprint density at radius 2 is 1.75 bits per heavy atom. The van der Waals surface area contributed by atoms with Crippen molar-refractivity contribution in [3.63, 3.8) is 0 Å². The first-order valence-electron chi connectivity index (χ1n) is 8.56. The summed E-state index contributed by atoms with van der Waals surface area (Å²) in [5.41, 5.74) is 1.18. The summed E-state index contributed by atoms with van der Waals surface area (Å²) in [6.07, 6.45) is -0.672. The average molecular weight is 384 g/mol. The van der Waals surface area contributed by atoms with Gasteiger partial charge in [-0.05, 0) is 31.2 Å². The number of benzene rings is 2. The lowest BCUT2D eigenvalue weighted by Crippen LogP contribution is -2.18. The summed E-state index contributed by atoms with van der Waals surface area (Å²) in [5.74, 6) is 0.433. The van der Waals surface area contributed by atoms with E-state index in [1.165, 1.54) is 14.2 Å². The Labute approximate surface area is 161 Å². The molecule has 2 N–H and O–H groups in total. The zero-order valence-electron chi connectivity index (χ0n) is 15.7. The van der Waals surface area contributed by atoms with E-state index in [4.69, 9.17) is 18.6 Å². The van der Waals surface area contributed by atoms with E-state index >= 15 is 0 Å². The van der Waals surface area contributed by atoms with Gasteiger partial charge in [-0.2, -0.15) is 0 Å². The fraction of sp³-hybridized carbons (Fsp3) is 0.200. The number of anilines is 2. The van der Waals surface area contributed by atoms with E-state index in [0.29, 0.717) is 28.2 Å². The molecule has 0 aliphatic rings. The van der Waals surface area contributed by atoms with Gasteiger partial charge in [0.05, 0.1) is 20.8 Å². The maximum atomic E-state index is 12.8. The molecular formula is C20H20N2O6. The Morgan fingerprint density at radius 3 is 2.46 bits per heavy atom. The number of carbonyl (C=O) groups excluding carboxylic acids is 2. The number of furan rings is 1. The third-order valence-corrected chi connectivity index (χ3v) is 3.95. The summed E-state index contributed by atoms with van der Waals surface area (Å²) in [6, 6.07) is 12.0. The molecule has 3 rings (SSSR count).